The first-order valence-corrected chi connectivity index (χ1v) is 9.14. The maximum Gasteiger partial charge on any atom is 0.261 e. The van der Waals surface area contributed by atoms with Gasteiger partial charge < -0.3 is 5.73 Å². The maximum atomic E-state index is 12.3. The van der Waals surface area contributed by atoms with Gasteiger partial charge in [0.15, 0.2) is 0 Å². The summed E-state index contributed by atoms with van der Waals surface area (Å²) < 4.78 is 27.8. The van der Waals surface area contributed by atoms with Crippen LogP contribution in [0.25, 0.3) is 0 Å². The van der Waals surface area contributed by atoms with Gasteiger partial charge in [-0.2, -0.15) is 0 Å². The molecule has 0 saturated carbocycles. The lowest BCUT2D eigenvalue weighted by Crippen LogP contribution is -2.13. The lowest BCUT2D eigenvalue weighted by atomic mass is 10.3. The number of hydrogen-bond acceptors (Lipinski definition) is 4. The molecule has 2 aromatic carbocycles. The van der Waals surface area contributed by atoms with Crippen LogP contribution in [0.2, 0.25) is 0 Å². The Kier molecular flexibility index (Phi) is 4.62. The molecule has 4 nitrogen and oxygen atoms in total. The SMILES string of the molecule is CSc1cccc(NS(=O)(=O)c2ccc(Br)c(N)c2)c1. The summed E-state index contributed by atoms with van der Waals surface area (Å²) in [6, 6.07) is 11.7. The molecule has 0 fully saturated rings. The Balaban J connectivity index is 2.32. The van der Waals surface area contributed by atoms with Crippen molar-refractivity contribution in [1.29, 1.82) is 0 Å². The van der Waals surface area contributed by atoms with E-state index in [2.05, 4.69) is 20.7 Å². The highest BCUT2D eigenvalue weighted by Crippen LogP contribution is 2.25. The predicted molar refractivity (Wildman–Crippen MR) is 87.6 cm³/mol. The van der Waals surface area contributed by atoms with E-state index in [0.717, 1.165) is 4.90 Å². The quantitative estimate of drug-likeness (QED) is 0.635. The van der Waals surface area contributed by atoms with Crippen molar-refractivity contribution in [2.45, 2.75) is 9.79 Å². The highest BCUT2D eigenvalue weighted by molar-refractivity contribution is 9.10. The van der Waals surface area contributed by atoms with Gasteiger partial charge >= 0.3 is 0 Å². The van der Waals surface area contributed by atoms with Gasteiger partial charge in [-0.25, -0.2) is 8.42 Å². The van der Waals surface area contributed by atoms with Crippen LogP contribution in [0, 0.1) is 0 Å². The summed E-state index contributed by atoms with van der Waals surface area (Å²) in [6.07, 6.45) is 1.93. The number of nitrogen functional groups attached to an aromatic ring is 1. The third kappa shape index (κ3) is 3.47. The van der Waals surface area contributed by atoms with Gasteiger partial charge in [0.2, 0.25) is 0 Å². The number of benzene rings is 2. The molecule has 2 rings (SSSR count). The Morgan fingerprint density at radius 3 is 2.60 bits per heavy atom. The number of hydrogen-bond donors (Lipinski definition) is 2. The van der Waals surface area contributed by atoms with Crippen molar-refractivity contribution in [2.24, 2.45) is 0 Å². The van der Waals surface area contributed by atoms with Crippen molar-refractivity contribution in [3.05, 3.63) is 46.9 Å². The van der Waals surface area contributed by atoms with Crippen LogP contribution in [0.1, 0.15) is 0 Å². The van der Waals surface area contributed by atoms with Crippen LogP contribution in [0.4, 0.5) is 11.4 Å². The molecule has 0 radical (unpaired) electrons. The van der Waals surface area contributed by atoms with Gasteiger partial charge in [-0.15, -0.1) is 11.8 Å². The summed E-state index contributed by atoms with van der Waals surface area (Å²) in [7, 11) is -3.64. The van der Waals surface area contributed by atoms with Crippen molar-refractivity contribution in [3.63, 3.8) is 0 Å². The molecule has 0 unspecified atom stereocenters. The molecule has 106 valence electrons. The topological polar surface area (TPSA) is 72.2 Å². The van der Waals surface area contributed by atoms with Gasteiger partial charge in [0.1, 0.15) is 0 Å². The lowest BCUT2D eigenvalue weighted by molar-refractivity contribution is 0.601. The van der Waals surface area contributed by atoms with Crippen molar-refractivity contribution < 1.29 is 8.42 Å². The van der Waals surface area contributed by atoms with Crippen LogP contribution in [0.5, 0.6) is 0 Å². The number of sulfonamides is 1. The summed E-state index contributed by atoms with van der Waals surface area (Å²) in [5.74, 6) is 0. The van der Waals surface area contributed by atoms with E-state index < -0.39 is 10.0 Å². The molecule has 0 spiro atoms. The zero-order valence-corrected chi connectivity index (χ0v) is 13.8. The first-order valence-electron chi connectivity index (χ1n) is 5.64. The molecule has 0 bridgehead atoms. The predicted octanol–water partition coefficient (Wildman–Crippen LogP) is 3.55. The molecule has 0 aliphatic rings. The second kappa shape index (κ2) is 6.07. The van der Waals surface area contributed by atoms with E-state index in [0.29, 0.717) is 15.8 Å². The highest BCUT2D eigenvalue weighted by atomic mass is 79.9. The van der Waals surface area contributed by atoms with Gasteiger partial charge in [-0.05, 0) is 58.6 Å². The molecular formula is C13H13BrN2O2S2. The Morgan fingerprint density at radius 1 is 1.20 bits per heavy atom. The second-order valence-corrected chi connectivity index (χ2v) is 7.44. The minimum atomic E-state index is -3.64. The van der Waals surface area contributed by atoms with Crippen LogP contribution >= 0.6 is 27.7 Å². The molecule has 0 amide bonds. The molecular weight excluding hydrogens is 360 g/mol. The first kappa shape index (κ1) is 15.2. The van der Waals surface area contributed by atoms with E-state index in [1.807, 2.05) is 12.3 Å². The maximum absolute atomic E-state index is 12.3. The number of nitrogens with two attached hydrogens (primary N) is 1. The molecule has 20 heavy (non-hydrogen) atoms. The largest absolute Gasteiger partial charge is 0.398 e. The molecule has 7 heteroatoms. The van der Waals surface area contributed by atoms with Crippen molar-refractivity contribution >= 4 is 49.1 Å². The standard InChI is InChI=1S/C13H13BrN2O2S2/c1-19-10-4-2-3-9(7-10)16-20(17,18)11-5-6-12(14)13(15)8-11/h2-8,16H,15H2,1H3. The van der Waals surface area contributed by atoms with Gasteiger partial charge in [-0.3, -0.25) is 4.72 Å². The van der Waals surface area contributed by atoms with Crippen LogP contribution in [0.3, 0.4) is 0 Å². The number of nitrogens with one attached hydrogen (secondary N) is 1. The summed E-state index contributed by atoms with van der Waals surface area (Å²) >= 11 is 4.79. The fraction of sp³-hybridized carbons (Fsp3) is 0.0769. The van der Waals surface area contributed by atoms with Gasteiger partial charge in [0.25, 0.3) is 10.0 Å². The van der Waals surface area contributed by atoms with E-state index >= 15 is 0 Å². The summed E-state index contributed by atoms with van der Waals surface area (Å²) in [5, 5.41) is 0. The molecule has 0 aliphatic carbocycles. The third-order valence-electron chi connectivity index (χ3n) is 2.60. The molecule has 0 atom stereocenters. The number of halogens is 1. The van der Waals surface area contributed by atoms with Crippen LogP contribution in [0.15, 0.2) is 56.7 Å². The number of anilines is 2. The number of rotatable bonds is 4. The van der Waals surface area contributed by atoms with E-state index in [9.17, 15) is 8.42 Å². The van der Waals surface area contributed by atoms with E-state index in [1.54, 1.807) is 36.0 Å². The number of thioether (sulfide) groups is 1. The molecule has 0 saturated heterocycles. The van der Waals surface area contributed by atoms with Gasteiger partial charge in [-0.1, -0.05) is 6.07 Å². The summed E-state index contributed by atoms with van der Waals surface area (Å²) in [6.45, 7) is 0. The second-order valence-electron chi connectivity index (χ2n) is 4.02. The van der Waals surface area contributed by atoms with E-state index in [4.69, 9.17) is 5.73 Å². The fourth-order valence-corrected chi connectivity index (χ4v) is 3.38. The normalized spacial score (nSPS) is 11.3. The van der Waals surface area contributed by atoms with Crippen molar-refractivity contribution in [2.75, 3.05) is 16.7 Å². The minimum Gasteiger partial charge on any atom is -0.398 e. The minimum absolute atomic E-state index is 0.132. The average Bonchev–Trinajstić information content (AvgIpc) is 2.41. The first-order chi connectivity index (χ1) is 9.42. The summed E-state index contributed by atoms with van der Waals surface area (Å²) in [5.41, 5.74) is 6.62. The van der Waals surface area contributed by atoms with Crippen molar-refractivity contribution in [1.82, 2.24) is 0 Å². The lowest BCUT2D eigenvalue weighted by Gasteiger charge is -2.10. The zero-order valence-electron chi connectivity index (χ0n) is 10.6. The Bertz CT molecular complexity index is 733. The highest BCUT2D eigenvalue weighted by Gasteiger charge is 2.15. The summed E-state index contributed by atoms with van der Waals surface area (Å²) in [4.78, 5) is 1.12. The molecule has 2 aromatic rings. The van der Waals surface area contributed by atoms with Crippen LogP contribution in [-0.2, 0) is 10.0 Å². The molecule has 0 heterocycles. The van der Waals surface area contributed by atoms with Gasteiger partial charge in [0, 0.05) is 20.7 Å². The van der Waals surface area contributed by atoms with E-state index in [-0.39, 0.29) is 4.90 Å². The fourth-order valence-electron chi connectivity index (χ4n) is 1.59. The Labute approximate surface area is 130 Å². The smallest absolute Gasteiger partial charge is 0.261 e. The Hall–Kier alpha value is -1.18. The average molecular weight is 373 g/mol. The monoisotopic (exact) mass is 372 g/mol. The molecule has 0 aliphatic heterocycles. The molecule has 0 aromatic heterocycles. The van der Waals surface area contributed by atoms with Crippen LogP contribution in [-0.4, -0.2) is 14.7 Å². The molecule has 3 N–H and O–H groups in total. The van der Waals surface area contributed by atoms with Crippen LogP contribution < -0.4 is 10.5 Å². The zero-order chi connectivity index (χ0) is 14.8. The van der Waals surface area contributed by atoms with E-state index in [1.165, 1.54) is 12.1 Å². The Morgan fingerprint density at radius 2 is 1.95 bits per heavy atom. The third-order valence-corrected chi connectivity index (χ3v) is 5.43. The van der Waals surface area contributed by atoms with Gasteiger partial charge in [0.05, 0.1) is 4.90 Å². The van der Waals surface area contributed by atoms with Crippen molar-refractivity contribution in [3.8, 4) is 0 Å².